The number of ether oxygens (including phenoxy) is 1. The van der Waals surface area contributed by atoms with Crippen molar-refractivity contribution in [2.24, 2.45) is 56.2 Å². The molecule has 8 unspecified atom stereocenters. The number of halogens is 1. The first-order valence-electron chi connectivity index (χ1n) is 21.8. The number of hydrogen-bond donors (Lipinski definition) is 1. The lowest BCUT2D eigenvalue weighted by atomic mass is 9.33. The van der Waals surface area contributed by atoms with Gasteiger partial charge in [-0.1, -0.05) is 77.8 Å². The molecule has 5 aliphatic carbocycles. The van der Waals surface area contributed by atoms with Gasteiger partial charge < -0.3 is 19.6 Å². The van der Waals surface area contributed by atoms with Crippen LogP contribution in [0.1, 0.15) is 132 Å². The molecular weight excluding hydrogens is 720 g/mol. The number of Topliss-reactive ketones (excluding diaryl/α,β-unsaturated/α-hetero) is 1. The van der Waals surface area contributed by atoms with Gasteiger partial charge in [0.25, 0.3) is 0 Å². The summed E-state index contributed by atoms with van der Waals surface area (Å²) in [5.41, 5.74) is 2.82. The number of carbonyl (C=O) groups is 3. The van der Waals surface area contributed by atoms with Crippen LogP contribution in [-0.4, -0.2) is 79.0 Å². The quantitative estimate of drug-likeness (QED) is 0.199. The first-order chi connectivity index (χ1) is 26.0. The number of esters is 1. The van der Waals surface area contributed by atoms with Crippen LogP contribution in [0.5, 0.6) is 0 Å². The predicted octanol–water partition coefficient (Wildman–Crippen LogP) is 10.1. The standard InChI is InChI=1S/C48H73ClN2O5/c1-31(2)40-35(52)28-48(30-51(27-26-50(10)11)25-20-32-12-14-33(49)15-13-32)24-23-46(8)34(41(40)48)16-17-37-45(7)21-19-38(56-39(53)29-43(3,4)42(54)55)44(5,6)36(45)18-22-47(37,46)9/h12-15,31,34,36-38H,16-30H2,1-11H3,(H,54,55). The molecule has 8 heteroatoms. The number of ketones is 1. The summed E-state index contributed by atoms with van der Waals surface area (Å²) in [5, 5.41) is 10.4. The molecule has 7 nitrogen and oxygen atoms in total. The number of likely N-dealkylation sites (N-methyl/N-ethyl adjacent to an activating group) is 1. The van der Waals surface area contributed by atoms with Gasteiger partial charge >= 0.3 is 11.9 Å². The van der Waals surface area contributed by atoms with E-state index in [1.54, 1.807) is 19.4 Å². The molecule has 1 aromatic carbocycles. The highest BCUT2D eigenvalue weighted by Gasteiger charge is 2.70. The van der Waals surface area contributed by atoms with E-state index in [9.17, 15) is 19.5 Å². The third kappa shape index (κ3) is 7.46. The number of allylic oxidation sites excluding steroid dienone is 1. The zero-order chi connectivity index (χ0) is 41.2. The first kappa shape index (κ1) is 43.4. The fraction of sp³-hybridized carbons (Fsp3) is 0.771. The van der Waals surface area contributed by atoms with Crippen LogP contribution in [0.25, 0.3) is 0 Å². The smallest absolute Gasteiger partial charge is 0.309 e. The van der Waals surface area contributed by atoms with Crippen LogP contribution in [0.4, 0.5) is 0 Å². The summed E-state index contributed by atoms with van der Waals surface area (Å²) in [5.74, 6) is 0.577. The average molecular weight is 794 g/mol. The Labute approximate surface area is 343 Å². The van der Waals surface area contributed by atoms with Crippen molar-refractivity contribution in [2.75, 3.05) is 40.3 Å². The monoisotopic (exact) mass is 793 g/mol. The van der Waals surface area contributed by atoms with Gasteiger partial charge in [0, 0.05) is 48.5 Å². The topological polar surface area (TPSA) is 87.2 Å². The molecule has 0 bridgehead atoms. The third-order valence-corrected chi connectivity index (χ3v) is 17.2. The van der Waals surface area contributed by atoms with Crippen molar-refractivity contribution >= 4 is 29.3 Å². The van der Waals surface area contributed by atoms with Gasteiger partial charge in [-0.05, 0) is 149 Å². The molecule has 1 aromatic rings. The minimum absolute atomic E-state index is 0.0845. The van der Waals surface area contributed by atoms with E-state index in [4.69, 9.17) is 16.3 Å². The molecule has 0 saturated heterocycles. The van der Waals surface area contributed by atoms with Crippen molar-refractivity contribution in [3.05, 3.63) is 46.0 Å². The maximum atomic E-state index is 14.4. The third-order valence-electron chi connectivity index (χ3n) is 17.0. The van der Waals surface area contributed by atoms with Crippen LogP contribution < -0.4 is 0 Å². The first-order valence-corrected chi connectivity index (χ1v) is 22.2. The SMILES string of the molecule is CC(C)C1=C2C3CCC4C5(C)CCC(OC(=O)CC(C)(C)C(=O)O)C(C)(C)C5CCC4(C)C3(C)CCC2(CN(CCc2ccc(Cl)cc2)CCN(C)C)CC1=O. The lowest BCUT2D eigenvalue weighted by Crippen LogP contribution is -2.66. The molecule has 6 rings (SSSR count). The maximum absolute atomic E-state index is 14.4. The highest BCUT2D eigenvalue weighted by molar-refractivity contribution is 6.30. The fourth-order valence-electron chi connectivity index (χ4n) is 13.7. The van der Waals surface area contributed by atoms with Crippen LogP contribution in [0, 0.1) is 56.2 Å². The lowest BCUT2D eigenvalue weighted by Gasteiger charge is -2.72. The second-order valence-electron chi connectivity index (χ2n) is 21.6. The van der Waals surface area contributed by atoms with E-state index in [2.05, 4.69) is 84.5 Å². The highest BCUT2D eigenvalue weighted by Crippen LogP contribution is 2.76. The van der Waals surface area contributed by atoms with Crippen LogP contribution in [-0.2, 0) is 25.5 Å². The molecule has 56 heavy (non-hydrogen) atoms. The zero-order valence-electron chi connectivity index (χ0n) is 36.7. The summed E-state index contributed by atoms with van der Waals surface area (Å²) in [6.07, 6.45) is 9.84. The summed E-state index contributed by atoms with van der Waals surface area (Å²) in [7, 11) is 4.31. The summed E-state index contributed by atoms with van der Waals surface area (Å²) in [6.45, 7) is 24.0. The number of rotatable bonds is 13. The molecule has 0 radical (unpaired) electrons. The Bertz CT molecular complexity index is 1700. The second-order valence-corrected chi connectivity index (χ2v) is 22.1. The Morgan fingerprint density at radius 2 is 1.57 bits per heavy atom. The van der Waals surface area contributed by atoms with Crippen LogP contribution in [0.2, 0.25) is 5.02 Å². The molecular formula is C48H73ClN2O5. The lowest BCUT2D eigenvalue weighted by molar-refractivity contribution is -0.233. The number of aliphatic carboxylic acids is 1. The normalized spacial score (nSPS) is 35.3. The van der Waals surface area contributed by atoms with E-state index in [1.165, 1.54) is 5.56 Å². The molecule has 5 aliphatic rings. The van der Waals surface area contributed by atoms with Gasteiger partial charge in [-0.2, -0.15) is 0 Å². The molecule has 8 atom stereocenters. The van der Waals surface area contributed by atoms with E-state index in [0.717, 1.165) is 94.6 Å². The molecule has 4 fully saturated rings. The Kier molecular flexibility index (Phi) is 11.9. The van der Waals surface area contributed by atoms with E-state index in [0.29, 0.717) is 30.0 Å². The van der Waals surface area contributed by atoms with E-state index < -0.39 is 17.4 Å². The Morgan fingerprint density at radius 3 is 2.20 bits per heavy atom. The number of fused-ring (bicyclic) bond motifs is 7. The van der Waals surface area contributed by atoms with Gasteiger partial charge in [0.05, 0.1) is 11.8 Å². The van der Waals surface area contributed by atoms with Crippen molar-refractivity contribution in [3.8, 4) is 0 Å². The van der Waals surface area contributed by atoms with Gasteiger partial charge in [-0.15, -0.1) is 0 Å². The number of carboxylic acids is 1. The average Bonchev–Trinajstić information content (AvgIpc) is 3.39. The van der Waals surface area contributed by atoms with Gasteiger partial charge in [-0.25, -0.2) is 0 Å². The predicted molar refractivity (Wildman–Crippen MR) is 225 cm³/mol. The molecule has 0 aliphatic heterocycles. The van der Waals surface area contributed by atoms with Gasteiger partial charge in [-0.3, -0.25) is 14.4 Å². The second kappa shape index (κ2) is 15.4. The molecule has 1 N–H and O–H groups in total. The number of benzene rings is 1. The maximum Gasteiger partial charge on any atom is 0.309 e. The molecule has 312 valence electrons. The Hall–Kier alpha value is -2.22. The number of carbonyl (C=O) groups excluding carboxylic acids is 2. The minimum Gasteiger partial charge on any atom is -0.481 e. The van der Waals surface area contributed by atoms with Crippen molar-refractivity contribution in [2.45, 2.75) is 139 Å². The van der Waals surface area contributed by atoms with Crippen molar-refractivity contribution in [1.29, 1.82) is 0 Å². The fourth-order valence-corrected chi connectivity index (χ4v) is 13.8. The number of nitrogens with zero attached hydrogens (tertiary/aromatic N) is 2. The number of hydrogen-bond acceptors (Lipinski definition) is 6. The summed E-state index contributed by atoms with van der Waals surface area (Å²) < 4.78 is 6.21. The van der Waals surface area contributed by atoms with E-state index >= 15 is 0 Å². The van der Waals surface area contributed by atoms with Crippen molar-refractivity contribution in [3.63, 3.8) is 0 Å². The Morgan fingerprint density at radius 1 is 0.893 bits per heavy atom. The minimum atomic E-state index is -1.15. The van der Waals surface area contributed by atoms with Crippen LogP contribution in [0.15, 0.2) is 35.4 Å². The molecule has 4 saturated carbocycles. The van der Waals surface area contributed by atoms with Gasteiger partial charge in [0.2, 0.25) is 0 Å². The largest absolute Gasteiger partial charge is 0.481 e. The highest BCUT2D eigenvalue weighted by atomic mass is 35.5. The van der Waals surface area contributed by atoms with Gasteiger partial charge in [0.1, 0.15) is 6.10 Å². The van der Waals surface area contributed by atoms with Gasteiger partial charge in [0.15, 0.2) is 5.78 Å². The summed E-state index contributed by atoms with van der Waals surface area (Å²) in [6, 6.07) is 8.28. The van der Waals surface area contributed by atoms with Crippen LogP contribution in [0.3, 0.4) is 0 Å². The number of carboxylic acid groups (broad SMARTS) is 1. The zero-order valence-corrected chi connectivity index (χ0v) is 37.4. The molecule has 0 aromatic heterocycles. The molecule has 0 heterocycles. The Balaban J connectivity index is 1.28. The van der Waals surface area contributed by atoms with E-state index in [-0.39, 0.29) is 45.5 Å². The van der Waals surface area contributed by atoms with E-state index in [1.807, 2.05) is 12.1 Å². The summed E-state index contributed by atoms with van der Waals surface area (Å²) >= 11 is 6.24. The van der Waals surface area contributed by atoms with Crippen LogP contribution >= 0.6 is 11.6 Å². The summed E-state index contributed by atoms with van der Waals surface area (Å²) in [4.78, 5) is 44.3. The molecule has 0 amide bonds. The van der Waals surface area contributed by atoms with Crippen molar-refractivity contribution < 1.29 is 24.2 Å². The molecule has 0 spiro atoms. The van der Waals surface area contributed by atoms with Crippen molar-refractivity contribution in [1.82, 2.24) is 9.80 Å².